The predicted octanol–water partition coefficient (Wildman–Crippen LogP) is 8.74. The summed E-state index contributed by atoms with van der Waals surface area (Å²) in [5, 5.41) is 30.1. The molecule has 2 aromatic heterocycles. The molecule has 16 heteroatoms. The standard InChI is InChI=1S/C26H29N5O2.C13H15ClN2.C13H15N3O2.ClH/c27-16-18-4-6-23-22(13-18)19(17-29-23)3-1-2-8-30-9-11-31(12-10-30)21-5-7-24-20(14-21)15-25(33-24)26(28)32;14-6-2-1-3-11-9-16-13-5-4-10(8-15)7-12(11)13;14-13(17)12-8-9-7-10(1-2-11(9)18-12)16-5-3-15-4-6-16;/h4-7,13-15,19,29H,1-3,8-12,17H2,(H2,28,32);4-5,7,11,16H,1-3,6,9H2;1-2,7-8,15H,3-6H2,(H2,14,17);1H. The molecule has 0 spiro atoms. The van der Waals surface area contributed by atoms with E-state index in [0.29, 0.717) is 23.0 Å². The Kier molecular flexibility index (Phi) is 17.1. The topological polar surface area (TPSA) is 206 Å². The van der Waals surface area contributed by atoms with Crippen molar-refractivity contribution in [1.29, 1.82) is 10.5 Å². The molecule has 4 aliphatic heterocycles. The first-order valence-corrected chi connectivity index (χ1v) is 23.9. The van der Waals surface area contributed by atoms with Crippen molar-refractivity contribution in [3.05, 3.63) is 119 Å². The van der Waals surface area contributed by atoms with E-state index in [2.05, 4.69) is 61.0 Å². The van der Waals surface area contributed by atoms with E-state index >= 15 is 0 Å². The van der Waals surface area contributed by atoms with Crippen LogP contribution in [0.4, 0.5) is 22.7 Å². The monoisotopic (exact) mass is 958 g/mol. The summed E-state index contributed by atoms with van der Waals surface area (Å²) in [5.74, 6) is 1.14. The number of rotatable bonds is 13. The summed E-state index contributed by atoms with van der Waals surface area (Å²) in [6.45, 7) is 11.2. The number of benzene rings is 4. The van der Waals surface area contributed by atoms with Gasteiger partial charge in [0.1, 0.15) is 11.2 Å². The van der Waals surface area contributed by atoms with Gasteiger partial charge in [0, 0.05) is 117 Å². The summed E-state index contributed by atoms with van der Waals surface area (Å²) in [5.41, 5.74) is 20.7. The maximum atomic E-state index is 11.4. The molecule has 4 aliphatic rings. The molecule has 2 atom stereocenters. The molecule has 0 aliphatic carbocycles. The Hall–Kier alpha value is -6.42. The van der Waals surface area contributed by atoms with Gasteiger partial charge in [-0.1, -0.05) is 12.8 Å². The zero-order valence-electron chi connectivity index (χ0n) is 38.3. The number of alkyl halides is 1. The van der Waals surface area contributed by atoms with E-state index in [9.17, 15) is 14.9 Å². The summed E-state index contributed by atoms with van der Waals surface area (Å²) < 4.78 is 10.9. The molecule has 2 amide bonds. The number of unbranched alkanes of at least 4 members (excludes halogenated alkanes) is 2. The molecule has 2 unspecified atom stereocenters. The minimum Gasteiger partial charge on any atom is -0.451 e. The minimum absolute atomic E-state index is 0. The number of anilines is 4. The number of amides is 2. The predicted molar refractivity (Wildman–Crippen MR) is 274 cm³/mol. The molecule has 10 rings (SSSR count). The quantitative estimate of drug-likeness (QED) is 0.0544. The molecule has 0 saturated carbocycles. The van der Waals surface area contributed by atoms with E-state index in [1.165, 1.54) is 35.3 Å². The Balaban J connectivity index is 0.000000165. The lowest BCUT2D eigenvalue weighted by molar-refractivity contribution is 0.0968. The highest BCUT2D eigenvalue weighted by Gasteiger charge is 2.24. The largest absolute Gasteiger partial charge is 0.451 e. The average molecular weight is 960 g/mol. The van der Waals surface area contributed by atoms with Crippen LogP contribution in [0.15, 0.2) is 93.8 Å². The summed E-state index contributed by atoms with van der Waals surface area (Å²) in [4.78, 5) is 29.7. The van der Waals surface area contributed by atoms with Gasteiger partial charge in [0.25, 0.3) is 11.8 Å². The Morgan fingerprint density at radius 2 is 1.12 bits per heavy atom. The fourth-order valence-electron chi connectivity index (χ4n) is 9.53. The molecular formula is C52H60Cl2N10O4. The molecule has 14 nitrogen and oxygen atoms in total. The molecule has 6 aromatic rings. The number of nitrogens with two attached hydrogens (primary N) is 2. The van der Waals surface area contributed by atoms with Gasteiger partial charge in [-0.15, -0.1) is 24.0 Å². The zero-order chi connectivity index (χ0) is 46.7. The third-order valence-corrected chi connectivity index (χ3v) is 13.5. The molecule has 2 saturated heterocycles. The van der Waals surface area contributed by atoms with Crippen molar-refractivity contribution >= 4 is 80.5 Å². The van der Waals surface area contributed by atoms with Crippen LogP contribution in [0.3, 0.4) is 0 Å². The molecule has 2 fully saturated rings. The minimum atomic E-state index is -0.540. The number of furan rings is 2. The highest BCUT2D eigenvalue weighted by atomic mass is 35.5. The van der Waals surface area contributed by atoms with Gasteiger partial charge in [0.2, 0.25) is 0 Å². The first kappa shape index (κ1) is 49.5. The Morgan fingerprint density at radius 1 is 0.632 bits per heavy atom. The second kappa shape index (κ2) is 23.5. The van der Waals surface area contributed by atoms with Gasteiger partial charge in [0.15, 0.2) is 11.5 Å². The van der Waals surface area contributed by atoms with Gasteiger partial charge in [-0.25, -0.2) is 0 Å². The van der Waals surface area contributed by atoms with Crippen LogP contribution in [0.5, 0.6) is 0 Å². The third-order valence-electron chi connectivity index (χ3n) is 13.2. The highest BCUT2D eigenvalue weighted by Crippen LogP contribution is 2.37. The van der Waals surface area contributed by atoms with Gasteiger partial charge < -0.3 is 46.1 Å². The number of nitrogens with one attached hydrogen (secondary N) is 3. The number of nitriles is 2. The molecule has 68 heavy (non-hydrogen) atoms. The van der Waals surface area contributed by atoms with E-state index < -0.39 is 11.8 Å². The number of halogens is 2. The van der Waals surface area contributed by atoms with Crippen LogP contribution < -0.4 is 37.2 Å². The van der Waals surface area contributed by atoms with Gasteiger partial charge in [0.05, 0.1) is 23.3 Å². The number of hydrogen-bond acceptors (Lipinski definition) is 12. The first-order valence-electron chi connectivity index (χ1n) is 23.4. The maximum Gasteiger partial charge on any atom is 0.284 e. The normalized spacial score (nSPS) is 17.2. The fraction of sp³-hybridized carbons (Fsp3) is 0.385. The second-order valence-electron chi connectivity index (χ2n) is 17.6. The van der Waals surface area contributed by atoms with Crippen LogP contribution in [0.25, 0.3) is 21.9 Å². The molecule has 0 bridgehead atoms. The van der Waals surface area contributed by atoms with Crippen molar-refractivity contribution < 1.29 is 18.4 Å². The zero-order valence-corrected chi connectivity index (χ0v) is 39.8. The smallest absolute Gasteiger partial charge is 0.284 e. The van der Waals surface area contributed by atoms with E-state index in [-0.39, 0.29) is 23.9 Å². The number of carbonyl (C=O) groups is 2. The van der Waals surface area contributed by atoms with Gasteiger partial charge in [-0.3, -0.25) is 14.5 Å². The SMILES string of the molecule is Cl.N#Cc1ccc2c(c1)C(CCCCCl)CN2.N#Cc1ccc2c(c1)C(CCCCN1CCN(c3ccc4oc(C(N)=O)cc4c3)CC1)CN2.NC(=O)c1cc2cc(N3CCNCC3)ccc2o1. The average Bonchev–Trinajstić information content (AvgIpc) is 4.18. The molecule has 6 heterocycles. The molecule has 0 radical (unpaired) electrons. The van der Waals surface area contributed by atoms with Crippen molar-refractivity contribution in [3.63, 3.8) is 0 Å². The van der Waals surface area contributed by atoms with Gasteiger partial charge >= 0.3 is 0 Å². The Morgan fingerprint density at radius 3 is 1.59 bits per heavy atom. The van der Waals surface area contributed by atoms with E-state index in [4.69, 9.17) is 37.2 Å². The third kappa shape index (κ3) is 12.2. The molecular weight excluding hydrogens is 900 g/mol. The van der Waals surface area contributed by atoms with E-state index in [0.717, 1.165) is 137 Å². The first-order chi connectivity index (χ1) is 32.7. The number of primary amides is 2. The lowest BCUT2D eigenvalue weighted by Crippen LogP contribution is -2.46. The van der Waals surface area contributed by atoms with E-state index in [1.807, 2.05) is 54.6 Å². The highest BCUT2D eigenvalue weighted by molar-refractivity contribution is 6.17. The number of carbonyl (C=O) groups excluding carboxylic acids is 2. The van der Waals surface area contributed by atoms with Crippen molar-refractivity contribution in [3.8, 4) is 12.1 Å². The van der Waals surface area contributed by atoms with Crippen molar-refractivity contribution in [2.24, 2.45) is 11.5 Å². The lowest BCUT2D eigenvalue weighted by atomic mass is 9.94. The van der Waals surface area contributed by atoms with Crippen molar-refractivity contribution in [2.75, 3.05) is 98.3 Å². The number of piperazine rings is 2. The van der Waals surface area contributed by atoms with Crippen LogP contribution in [-0.4, -0.2) is 94.6 Å². The lowest BCUT2D eigenvalue weighted by Gasteiger charge is -2.36. The van der Waals surface area contributed by atoms with Gasteiger partial charge in [-0.2, -0.15) is 10.5 Å². The number of hydrogen-bond donors (Lipinski definition) is 5. The van der Waals surface area contributed by atoms with Crippen LogP contribution in [0, 0.1) is 22.7 Å². The maximum absolute atomic E-state index is 11.4. The van der Waals surface area contributed by atoms with Crippen molar-refractivity contribution in [1.82, 2.24) is 10.2 Å². The molecule has 4 aromatic carbocycles. The Labute approximate surface area is 408 Å². The summed E-state index contributed by atoms with van der Waals surface area (Å²) in [7, 11) is 0. The number of nitrogens with zero attached hydrogens (tertiary/aromatic N) is 5. The number of fused-ring (bicyclic) bond motifs is 4. The second-order valence-corrected chi connectivity index (χ2v) is 18.0. The van der Waals surface area contributed by atoms with Crippen molar-refractivity contribution in [2.45, 2.75) is 50.4 Å². The fourth-order valence-corrected chi connectivity index (χ4v) is 9.71. The Bertz CT molecular complexity index is 2760. The van der Waals surface area contributed by atoms with Gasteiger partial charge in [-0.05, 0) is 128 Å². The van der Waals surface area contributed by atoms with Crippen LogP contribution in [0.2, 0.25) is 0 Å². The van der Waals surface area contributed by atoms with Crippen LogP contribution in [0.1, 0.15) is 93.7 Å². The van der Waals surface area contributed by atoms with Crippen LogP contribution in [-0.2, 0) is 0 Å². The summed E-state index contributed by atoms with van der Waals surface area (Å²) in [6, 6.07) is 31.7. The molecule has 356 valence electrons. The summed E-state index contributed by atoms with van der Waals surface area (Å²) >= 11 is 5.68. The van der Waals surface area contributed by atoms with E-state index in [1.54, 1.807) is 12.1 Å². The summed E-state index contributed by atoms with van der Waals surface area (Å²) in [6.07, 6.45) is 6.94. The molecule has 7 N–H and O–H groups in total. The van der Waals surface area contributed by atoms with Crippen LogP contribution >= 0.6 is 24.0 Å².